The number of nitrogens with one attached hydrogen (secondary N) is 2. The maximum atomic E-state index is 12.5. The van der Waals surface area contributed by atoms with Gasteiger partial charge >= 0.3 is 6.03 Å². The number of rotatable bonds is 10. The van der Waals surface area contributed by atoms with E-state index in [1.165, 1.54) is 19.3 Å². The topological polar surface area (TPSA) is 89.1 Å². The van der Waals surface area contributed by atoms with Crippen molar-refractivity contribution in [3.8, 4) is 0 Å². The van der Waals surface area contributed by atoms with Gasteiger partial charge in [-0.1, -0.05) is 19.3 Å². The number of hydrogen-bond donors (Lipinski definition) is 3. The molecule has 7 heteroatoms. The molecule has 2 saturated carbocycles. The number of amides is 2. The summed E-state index contributed by atoms with van der Waals surface area (Å²) in [6.45, 7) is 1.31. The normalized spacial score (nSPS) is 27.9. The van der Waals surface area contributed by atoms with Gasteiger partial charge in [0.15, 0.2) is 0 Å². The van der Waals surface area contributed by atoms with Crippen LogP contribution in [-0.2, 0) is 14.2 Å². The van der Waals surface area contributed by atoms with Crippen molar-refractivity contribution >= 4 is 6.03 Å². The van der Waals surface area contributed by atoms with Crippen LogP contribution in [0.25, 0.3) is 0 Å². The Hall–Kier alpha value is -0.890. The van der Waals surface area contributed by atoms with E-state index in [4.69, 9.17) is 14.2 Å². The number of carbonyl (C=O) groups excluding carboxylic acids is 1. The molecular formula is C20H38N2O5. The number of hydrogen-bond acceptors (Lipinski definition) is 5. The third kappa shape index (κ3) is 7.56. The molecule has 2 aliphatic carbocycles. The molecule has 7 nitrogen and oxygen atoms in total. The Morgan fingerprint density at radius 3 is 2.52 bits per heavy atom. The first kappa shape index (κ1) is 22.4. The zero-order valence-corrected chi connectivity index (χ0v) is 17.0. The highest BCUT2D eigenvalue weighted by Crippen LogP contribution is 2.27. The molecule has 2 amide bonds. The zero-order valence-electron chi connectivity index (χ0n) is 17.0. The van der Waals surface area contributed by atoms with E-state index in [1.54, 1.807) is 14.2 Å². The van der Waals surface area contributed by atoms with Crippen LogP contribution < -0.4 is 10.6 Å². The van der Waals surface area contributed by atoms with Crippen molar-refractivity contribution in [2.45, 2.75) is 82.1 Å². The van der Waals surface area contributed by atoms with Crippen molar-refractivity contribution in [2.75, 3.05) is 34.0 Å². The Labute approximate surface area is 163 Å². The average Bonchev–Trinajstić information content (AvgIpc) is 2.70. The van der Waals surface area contributed by atoms with Gasteiger partial charge in [-0.05, 0) is 44.4 Å². The second kappa shape index (κ2) is 12.5. The first-order valence-corrected chi connectivity index (χ1v) is 10.5. The van der Waals surface area contributed by atoms with E-state index in [0.717, 1.165) is 38.5 Å². The van der Waals surface area contributed by atoms with Crippen LogP contribution >= 0.6 is 0 Å². The van der Waals surface area contributed by atoms with E-state index >= 15 is 0 Å². The lowest BCUT2D eigenvalue weighted by molar-refractivity contribution is -0.0842. The largest absolute Gasteiger partial charge is 0.394 e. The summed E-state index contributed by atoms with van der Waals surface area (Å²) < 4.78 is 16.6. The van der Waals surface area contributed by atoms with Crippen LogP contribution in [0, 0.1) is 5.92 Å². The summed E-state index contributed by atoms with van der Waals surface area (Å²) in [6.07, 6.45) is 9.19. The third-order valence-electron chi connectivity index (χ3n) is 5.93. The van der Waals surface area contributed by atoms with Crippen LogP contribution in [-0.4, -0.2) is 69.5 Å². The van der Waals surface area contributed by atoms with Gasteiger partial charge in [0.05, 0.1) is 24.9 Å². The standard InChI is InChI=1S/C20H38N2O5/c1-25-11-6-12-27-19-13-16(9-10-18(19)26-2)21-20(24)22-17(14-23)15-7-4-3-5-8-15/h15-19,23H,3-14H2,1-2H3,(H2,21,22,24)/t16?,17-,18?,19?/m0/s1. The van der Waals surface area contributed by atoms with E-state index < -0.39 is 0 Å². The molecule has 0 radical (unpaired) electrons. The van der Waals surface area contributed by atoms with E-state index in [0.29, 0.717) is 19.1 Å². The number of carbonyl (C=O) groups is 1. The average molecular weight is 387 g/mol. The number of ether oxygens (including phenoxy) is 3. The Kier molecular flexibility index (Phi) is 10.4. The summed E-state index contributed by atoms with van der Waals surface area (Å²) in [5.74, 6) is 0.385. The molecule has 2 fully saturated rings. The molecule has 0 aromatic rings. The highest BCUT2D eigenvalue weighted by atomic mass is 16.5. The molecule has 0 bridgehead atoms. The maximum Gasteiger partial charge on any atom is 0.315 e. The molecule has 2 aliphatic rings. The lowest BCUT2D eigenvalue weighted by Gasteiger charge is -2.36. The highest BCUT2D eigenvalue weighted by molar-refractivity contribution is 5.74. The Morgan fingerprint density at radius 2 is 1.85 bits per heavy atom. The molecule has 0 aromatic heterocycles. The molecule has 27 heavy (non-hydrogen) atoms. The number of aliphatic hydroxyl groups excluding tert-OH is 1. The zero-order chi connectivity index (χ0) is 19.5. The van der Waals surface area contributed by atoms with Crippen LogP contribution in [0.1, 0.15) is 57.8 Å². The van der Waals surface area contributed by atoms with Gasteiger partial charge in [-0.3, -0.25) is 0 Å². The molecule has 0 aliphatic heterocycles. The van der Waals surface area contributed by atoms with Crippen molar-refractivity contribution in [3.63, 3.8) is 0 Å². The van der Waals surface area contributed by atoms with Gasteiger partial charge in [0.1, 0.15) is 0 Å². The Morgan fingerprint density at radius 1 is 1.07 bits per heavy atom. The molecule has 0 heterocycles. The minimum absolute atomic E-state index is 0.000260. The van der Waals surface area contributed by atoms with Gasteiger partial charge in [0.25, 0.3) is 0 Å². The fourth-order valence-electron chi connectivity index (χ4n) is 4.36. The van der Waals surface area contributed by atoms with Crippen LogP contribution in [0.15, 0.2) is 0 Å². The first-order valence-electron chi connectivity index (χ1n) is 10.5. The Bertz CT molecular complexity index is 417. The maximum absolute atomic E-state index is 12.5. The van der Waals surface area contributed by atoms with Crippen molar-refractivity contribution in [1.29, 1.82) is 0 Å². The molecule has 0 aromatic carbocycles. The molecule has 2 rings (SSSR count). The lowest BCUT2D eigenvalue weighted by atomic mass is 9.84. The van der Waals surface area contributed by atoms with E-state index in [9.17, 15) is 9.90 Å². The van der Waals surface area contributed by atoms with Crippen LogP contribution in [0.2, 0.25) is 0 Å². The summed E-state index contributed by atoms with van der Waals surface area (Å²) in [4.78, 5) is 12.5. The summed E-state index contributed by atoms with van der Waals surface area (Å²) >= 11 is 0. The molecule has 3 N–H and O–H groups in total. The second-order valence-electron chi connectivity index (χ2n) is 7.84. The summed E-state index contributed by atoms with van der Waals surface area (Å²) in [7, 11) is 3.40. The van der Waals surface area contributed by atoms with Crippen molar-refractivity contribution in [3.05, 3.63) is 0 Å². The molecular weight excluding hydrogens is 348 g/mol. The number of methoxy groups -OCH3 is 2. The lowest BCUT2D eigenvalue weighted by Crippen LogP contribution is -2.53. The fraction of sp³-hybridized carbons (Fsp3) is 0.950. The van der Waals surface area contributed by atoms with Gasteiger partial charge in [0, 0.05) is 33.5 Å². The Balaban J connectivity index is 1.77. The summed E-state index contributed by atoms with van der Waals surface area (Å²) in [5.41, 5.74) is 0. The van der Waals surface area contributed by atoms with Gasteiger partial charge in [-0.25, -0.2) is 4.79 Å². The van der Waals surface area contributed by atoms with Crippen molar-refractivity contribution < 1.29 is 24.1 Å². The smallest absolute Gasteiger partial charge is 0.315 e. The van der Waals surface area contributed by atoms with E-state index in [2.05, 4.69) is 10.6 Å². The van der Waals surface area contributed by atoms with Crippen molar-refractivity contribution in [2.24, 2.45) is 5.92 Å². The van der Waals surface area contributed by atoms with E-state index in [1.807, 2.05) is 0 Å². The van der Waals surface area contributed by atoms with Crippen LogP contribution in [0.4, 0.5) is 4.79 Å². The summed E-state index contributed by atoms with van der Waals surface area (Å²) in [5, 5.41) is 15.8. The van der Waals surface area contributed by atoms with Crippen LogP contribution in [0.3, 0.4) is 0 Å². The first-order chi connectivity index (χ1) is 13.2. The third-order valence-corrected chi connectivity index (χ3v) is 5.93. The quantitative estimate of drug-likeness (QED) is 0.501. The molecule has 3 unspecified atom stereocenters. The fourth-order valence-corrected chi connectivity index (χ4v) is 4.36. The molecule has 0 spiro atoms. The highest BCUT2D eigenvalue weighted by Gasteiger charge is 2.32. The minimum Gasteiger partial charge on any atom is -0.394 e. The van der Waals surface area contributed by atoms with Gasteiger partial charge in [0.2, 0.25) is 0 Å². The van der Waals surface area contributed by atoms with E-state index in [-0.39, 0.29) is 36.9 Å². The van der Waals surface area contributed by atoms with Crippen LogP contribution in [0.5, 0.6) is 0 Å². The van der Waals surface area contributed by atoms with Gasteiger partial charge in [-0.15, -0.1) is 0 Å². The molecule has 158 valence electrons. The predicted molar refractivity (Wildman–Crippen MR) is 104 cm³/mol. The number of urea groups is 1. The number of aliphatic hydroxyl groups is 1. The van der Waals surface area contributed by atoms with Gasteiger partial charge < -0.3 is 30.0 Å². The predicted octanol–water partition coefficient (Wildman–Crippen LogP) is 2.22. The molecule has 0 saturated heterocycles. The van der Waals surface area contributed by atoms with Crippen molar-refractivity contribution in [1.82, 2.24) is 10.6 Å². The van der Waals surface area contributed by atoms with Gasteiger partial charge in [-0.2, -0.15) is 0 Å². The second-order valence-corrected chi connectivity index (χ2v) is 7.84. The monoisotopic (exact) mass is 386 g/mol. The minimum atomic E-state index is -0.182. The molecule has 4 atom stereocenters. The summed E-state index contributed by atoms with van der Waals surface area (Å²) in [6, 6.07) is -0.269. The SMILES string of the molecule is COCCCOC1CC(NC(=O)N[C@@H](CO)C2CCCCC2)CCC1OC.